The highest BCUT2D eigenvalue weighted by Crippen LogP contribution is 2.14. The van der Waals surface area contributed by atoms with Gasteiger partial charge in [-0.1, -0.05) is 6.42 Å². The van der Waals surface area contributed by atoms with Crippen molar-refractivity contribution in [2.45, 2.75) is 25.3 Å². The molecule has 0 radical (unpaired) electrons. The number of nitrogens with one attached hydrogen (secondary N) is 1. The molecule has 1 atom stereocenters. The van der Waals surface area contributed by atoms with E-state index in [4.69, 9.17) is 0 Å². The number of amides is 2. The van der Waals surface area contributed by atoms with Crippen molar-refractivity contribution in [3.63, 3.8) is 0 Å². The summed E-state index contributed by atoms with van der Waals surface area (Å²) < 4.78 is 0. The van der Waals surface area contributed by atoms with Crippen LogP contribution in [0.2, 0.25) is 0 Å². The van der Waals surface area contributed by atoms with Gasteiger partial charge in [-0.3, -0.25) is 9.59 Å². The lowest BCUT2D eigenvalue weighted by Gasteiger charge is -2.37. The number of nitrogens with zero attached hydrogens (tertiary/aromatic N) is 2. The fraction of sp³-hybridized carbons (Fsp3) is 0.600. The molecular formula is C15H22ClN3O2S. The number of rotatable bonds is 2. The van der Waals surface area contributed by atoms with Crippen LogP contribution in [-0.2, 0) is 4.79 Å². The summed E-state index contributed by atoms with van der Waals surface area (Å²) in [5.41, 5.74) is 0.758. The van der Waals surface area contributed by atoms with E-state index in [1.807, 2.05) is 26.6 Å². The van der Waals surface area contributed by atoms with E-state index in [1.54, 1.807) is 0 Å². The zero-order chi connectivity index (χ0) is 14.7. The van der Waals surface area contributed by atoms with Crippen LogP contribution in [0.4, 0.5) is 0 Å². The van der Waals surface area contributed by atoms with E-state index >= 15 is 0 Å². The molecule has 2 aliphatic heterocycles. The molecule has 22 heavy (non-hydrogen) atoms. The lowest BCUT2D eigenvalue weighted by atomic mass is 10.0. The maximum Gasteiger partial charge on any atom is 0.254 e. The molecule has 3 heterocycles. The third-order valence-corrected chi connectivity index (χ3v) is 4.94. The van der Waals surface area contributed by atoms with Gasteiger partial charge >= 0.3 is 0 Å². The first-order valence-electron chi connectivity index (χ1n) is 7.59. The standard InChI is InChI=1S/C15H21N3O2S.ClH/c19-14(12-4-10-21-11-12)17-6-8-18(9-7-17)15(20)13-3-1-2-5-16-13;/h4,10-11,13,16H,1-3,5-9H2;1H/t13-;/m1./s1. The highest BCUT2D eigenvalue weighted by atomic mass is 35.5. The van der Waals surface area contributed by atoms with Gasteiger partial charge in [-0.15, -0.1) is 12.4 Å². The van der Waals surface area contributed by atoms with Gasteiger partial charge in [0.25, 0.3) is 5.91 Å². The number of thiophene rings is 1. The molecule has 2 saturated heterocycles. The van der Waals surface area contributed by atoms with Gasteiger partial charge in [-0.25, -0.2) is 0 Å². The zero-order valence-corrected chi connectivity index (χ0v) is 14.1. The minimum atomic E-state index is -0.0159. The maximum atomic E-state index is 12.4. The molecule has 1 aromatic rings. The molecule has 0 saturated carbocycles. The molecule has 1 N–H and O–H groups in total. The summed E-state index contributed by atoms with van der Waals surface area (Å²) in [5.74, 6) is 0.288. The molecule has 2 aliphatic rings. The van der Waals surface area contributed by atoms with Crippen molar-refractivity contribution in [1.29, 1.82) is 0 Å². The first kappa shape index (κ1) is 17.2. The van der Waals surface area contributed by atoms with Crippen molar-refractivity contribution >= 4 is 35.6 Å². The molecule has 7 heteroatoms. The Labute approximate surface area is 141 Å². The number of hydrogen-bond donors (Lipinski definition) is 1. The van der Waals surface area contributed by atoms with Crippen LogP contribution in [-0.4, -0.2) is 60.4 Å². The third-order valence-electron chi connectivity index (χ3n) is 4.26. The highest BCUT2D eigenvalue weighted by Gasteiger charge is 2.29. The fourth-order valence-corrected chi connectivity index (χ4v) is 3.61. The van der Waals surface area contributed by atoms with Gasteiger partial charge in [-0.05, 0) is 30.8 Å². The largest absolute Gasteiger partial charge is 0.338 e. The number of piperazine rings is 1. The van der Waals surface area contributed by atoms with E-state index < -0.39 is 0 Å². The first-order chi connectivity index (χ1) is 10.3. The Morgan fingerprint density at radius 1 is 1.14 bits per heavy atom. The Balaban J connectivity index is 0.00000176. The molecular weight excluding hydrogens is 322 g/mol. The van der Waals surface area contributed by atoms with E-state index in [0.29, 0.717) is 26.2 Å². The van der Waals surface area contributed by atoms with Gasteiger partial charge in [0.2, 0.25) is 5.91 Å². The van der Waals surface area contributed by atoms with Gasteiger partial charge in [0.1, 0.15) is 0 Å². The molecule has 3 rings (SSSR count). The zero-order valence-electron chi connectivity index (χ0n) is 12.5. The summed E-state index contributed by atoms with van der Waals surface area (Å²) in [6.07, 6.45) is 3.22. The van der Waals surface area contributed by atoms with Gasteiger partial charge < -0.3 is 15.1 Å². The average Bonchev–Trinajstić information content (AvgIpc) is 3.09. The Morgan fingerprint density at radius 3 is 2.45 bits per heavy atom. The van der Waals surface area contributed by atoms with Crippen LogP contribution >= 0.6 is 23.7 Å². The van der Waals surface area contributed by atoms with E-state index in [-0.39, 0.29) is 30.3 Å². The number of carbonyl (C=O) groups excluding carboxylic acids is 2. The summed E-state index contributed by atoms with van der Waals surface area (Å²) in [6, 6.07) is 1.84. The average molecular weight is 344 g/mol. The molecule has 122 valence electrons. The summed E-state index contributed by atoms with van der Waals surface area (Å²) in [6.45, 7) is 3.49. The van der Waals surface area contributed by atoms with Gasteiger partial charge in [0.15, 0.2) is 0 Å². The quantitative estimate of drug-likeness (QED) is 0.887. The van der Waals surface area contributed by atoms with E-state index in [0.717, 1.165) is 31.4 Å². The van der Waals surface area contributed by atoms with Crippen molar-refractivity contribution in [2.24, 2.45) is 0 Å². The smallest absolute Gasteiger partial charge is 0.254 e. The molecule has 0 aromatic carbocycles. The van der Waals surface area contributed by atoms with E-state index in [1.165, 1.54) is 11.3 Å². The van der Waals surface area contributed by atoms with Gasteiger partial charge in [0.05, 0.1) is 11.6 Å². The van der Waals surface area contributed by atoms with Crippen molar-refractivity contribution < 1.29 is 9.59 Å². The number of hydrogen-bond acceptors (Lipinski definition) is 4. The van der Waals surface area contributed by atoms with Crippen molar-refractivity contribution in [2.75, 3.05) is 32.7 Å². The molecule has 0 bridgehead atoms. The van der Waals surface area contributed by atoms with Crippen LogP contribution in [0.5, 0.6) is 0 Å². The van der Waals surface area contributed by atoms with Crippen LogP contribution in [0.3, 0.4) is 0 Å². The van der Waals surface area contributed by atoms with Crippen LogP contribution < -0.4 is 5.32 Å². The van der Waals surface area contributed by atoms with Crippen LogP contribution in [0, 0.1) is 0 Å². The Hall–Kier alpha value is -1.11. The van der Waals surface area contributed by atoms with Crippen molar-refractivity contribution in [3.8, 4) is 0 Å². The van der Waals surface area contributed by atoms with Gasteiger partial charge in [0, 0.05) is 31.6 Å². The Kier molecular flexibility index (Phi) is 6.23. The predicted octanol–water partition coefficient (Wildman–Crippen LogP) is 1.60. The lowest BCUT2D eigenvalue weighted by Crippen LogP contribution is -2.55. The molecule has 0 spiro atoms. The number of piperidine rings is 1. The van der Waals surface area contributed by atoms with Crippen LogP contribution in [0.25, 0.3) is 0 Å². The second-order valence-electron chi connectivity index (χ2n) is 5.63. The third kappa shape index (κ3) is 3.80. The van der Waals surface area contributed by atoms with Crippen LogP contribution in [0.1, 0.15) is 29.6 Å². The Morgan fingerprint density at radius 2 is 1.86 bits per heavy atom. The topological polar surface area (TPSA) is 52.7 Å². The molecule has 5 nitrogen and oxygen atoms in total. The van der Waals surface area contributed by atoms with Gasteiger partial charge in [-0.2, -0.15) is 11.3 Å². The second kappa shape index (κ2) is 7.94. The molecule has 1 aromatic heterocycles. The number of carbonyl (C=O) groups is 2. The summed E-state index contributed by atoms with van der Waals surface area (Å²) in [4.78, 5) is 28.4. The minimum absolute atomic E-state index is 0. The molecule has 2 fully saturated rings. The first-order valence-corrected chi connectivity index (χ1v) is 8.53. The lowest BCUT2D eigenvalue weighted by molar-refractivity contribution is -0.135. The molecule has 0 aliphatic carbocycles. The Bertz CT molecular complexity index is 495. The highest BCUT2D eigenvalue weighted by molar-refractivity contribution is 7.08. The predicted molar refractivity (Wildman–Crippen MR) is 89.7 cm³/mol. The molecule has 2 amide bonds. The minimum Gasteiger partial charge on any atom is -0.338 e. The fourth-order valence-electron chi connectivity index (χ4n) is 2.98. The van der Waals surface area contributed by atoms with E-state index in [2.05, 4.69) is 5.32 Å². The number of halogens is 1. The maximum absolute atomic E-state index is 12.4. The summed E-state index contributed by atoms with van der Waals surface area (Å²) >= 11 is 1.54. The second-order valence-corrected chi connectivity index (χ2v) is 6.41. The SMILES string of the molecule is Cl.O=C(c1ccsc1)N1CCN(C(=O)[C@H]2CCCCN2)CC1. The van der Waals surface area contributed by atoms with Crippen LogP contribution in [0.15, 0.2) is 16.8 Å². The normalized spacial score (nSPS) is 22.1. The summed E-state index contributed by atoms with van der Waals surface area (Å²) in [7, 11) is 0. The monoisotopic (exact) mass is 343 g/mol. The van der Waals surface area contributed by atoms with Crippen molar-refractivity contribution in [3.05, 3.63) is 22.4 Å². The van der Waals surface area contributed by atoms with E-state index in [9.17, 15) is 9.59 Å². The summed E-state index contributed by atoms with van der Waals surface area (Å²) in [5, 5.41) is 7.10. The molecule has 0 unspecified atom stereocenters. The van der Waals surface area contributed by atoms with Crippen molar-refractivity contribution in [1.82, 2.24) is 15.1 Å².